The molecule has 1 aliphatic rings. The highest BCUT2D eigenvalue weighted by Crippen LogP contribution is 2.38. The van der Waals surface area contributed by atoms with Crippen LogP contribution < -0.4 is 4.89 Å². The molecular formula is C48H84NO11P. The van der Waals surface area contributed by atoms with Crippen LogP contribution in [0, 0.1) is 11.8 Å². The molecule has 0 aromatic rings. The summed E-state index contributed by atoms with van der Waals surface area (Å²) in [4.78, 5) is 37.8. The van der Waals surface area contributed by atoms with Gasteiger partial charge in [0.25, 0.3) is 7.82 Å². The summed E-state index contributed by atoms with van der Waals surface area (Å²) in [5, 5.41) is 31.3. The van der Waals surface area contributed by atoms with E-state index in [4.69, 9.17) is 18.5 Å². The highest BCUT2D eigenvalue weighted by Gasteiger charge is 2.39. The third-order valence-electron chi connectivity index (χ3n) is 10.6. The Labute approximate surface area is 369 Å². The Hall–Kier alpha value is -2.41. The molecule has 0 aromatic heterocycles. The average molecular weight is 882 g/mol. The average Bonchev–Trinajstić information content (AvgIpc) is 3.47. The molecule has 352 valence electrons. The van der Waals surface area contributed by atoms with Crippen LogP contribution in [0.15, 0.2) is 60.8 Å². The third kappa shape index (κ3) is 32.0. The van der Waals surface area contributed by atoms with E-state index in [0.29, 0.717) is 49.6 Å². The van der Waals surface area contributed by atoms with Gasteiger partial charge < -0.3 is 43.2 Å². The second-order valence-corrected chi connectivity index (χ2v) is 18.8. The minimum Gasteiger partial charge on any atom is -0.756 e. The minimum absolute atomic E-state index is 0.0814. The van der Waals surface area contributed by atoms with Gasteiger partial charge in [-0.3, -0.25) is 14.2 Å². The summed E-state index contributed by atoms with van der Waals surface area (Å²) < 4.78 is 33.8. The van der Waals surface area contributed by atoms with Crippen LogP contribution in [0.3, 0.4) is 0 Å². The summed E-state index contributed by atoms with van der Waals surface area (Å²) >= 11 is 0. The molecule has 1 fully saturated rings. The summed E-state index contributed by atoms with van der Waals surface area (Å²) in [7, 11) is 0.994. The molecule has 0 aromatic carbocycles. The minimum atomic E-state index is -4.70. The van der Waals surface area contributed by atoms with Crippen molar-refractivity contribution < 1.29 is 57.4 Å². The molecule has 12 nitrogen and oxygen atoms in total. The molecule has 0 spiro atoms. The zero-order valence-electron chi connectivity index (χ0n) is 38.4. The fraction of sp³-hybridized carbons (Fsp3) is 0.750. The Kier molecular flexibility index (Phi) is 32.5. The number of phosphoric ester groups is 1. The summed E-state index contributed by atoms with van der Waals surface area (Å²) in [6.45, 7) is 3.77. The molecule has 0 amide bonds. The van der Waals surface area contributed by atoms with E-state index in [9.17, 15) is 34.4 Å². The molecule has 0 radical (unpaired) electrons. The summed E-state index contributed by atoms with van der Waals surface area (Å²) in [5.74, 6) is -1.51. The van der Waals surface area contributed by atoms with Gasteiger partial charge in [-0.1, -0.05) is 126 Å². The molecule has 13 heteroatoms. The molecule has 3 N–H and O–H groups in total. The van der Waals surface area contributed by atoms with Crippen molar-refractivity contribution in [3.8, 4) is 0 Å². The molecule has 0 heterocycles. The number of rotatable bonds is 37. The first-order valence-electron chi connectivity index (χ1n) is 23.3. The number of quaternary nitrogens is 1. The van der Waals surface area contributed by atoms with E-state index in [2.05, 4.69) is 44.2 Å². The van der Waals surface area contributed by atoms with E-state index < -0.39 is 50.8 Å². The SMILES string of the molecule is CCCCCCCC/C=C\C/C=C\C/C=C\CCCC(=O)O[C@H](COC(=O)CCC/C=C/C[C@@H]1[C@@H](/C=C/[C@@H](O)CCCCC)[C@H](O)C[C@@H]1O)COP(=O)([O-])OCC[N+](C)(C)C. The van der Waals surface area contributed by atoms with Crippen molar-refractivity contribution in [2.24, 2.45) is 11.8 Å². The highest BCUT2D eigenvalue weighted by molar-refractivity contribution is 7.45. The molecule has 61 heavy (non-hydrogen) atoms. The number of allylic oxidation sites excluding steroid dienone is 8. The van der Waals surface area contributed by atoms with Crippen LogP contribution in [0.4, 0.5) is 0 Å². The number of likely N-dealkylation sites (N-methyl/N-ethyl adjacent to an activating group) is 1. The van der Waals surface area contributed by atoms with Crippen molar-refractivity contribution in [2.45, 2.75) is 173 Å². The lowest BCUT2D eigenvalue weighted by atomic mass is 9.89. The van der Waals surface area contributed by atoms with Crippen LogP contribution >= 0.6 is 7.82 Å². The standard InChI is InChI=1S/C48H84NO11P/c1-6-8-10-11-12-13-14-15-16-17-18-19-20-21-22-23-29-33-48(54)60-42(40-59-61(55,56)58-37-36-49(3,4)5)39-57-47(53)32-28-25-24-27-31-43-44(46(52)38-45(43)51)35-34-41(50)30-26-9-7-2/h15-16,18-19,21-22,24,27,34-35,41-46,50-52H,6-14,17,20,23,25-26,28-33,36-40H2,1-5H3/b16-15-,19-18-,22-21-,27-24+,35-34+/t41-,42+,43+,44+,45-,46+/m0/s1. The summed E-state index contributed by atoms with van der Waals surface area (Å²) in [6.07, 6.45) is 35.0. The quantitative estimate of drug-likeness (QED) is 0.0179. The molecule has 0 bridgehead atoms. The number of ether oxygens (including phenoxy) is 2. The molecule has 1 rings (SSSR count). The molecule has 1 unspecified atom stereocenters. The predicted molar refractivity (Wildman–Crippen MR) is 242 cm³/mol. The Morgan fingerprint density at radius 3 is 1.97 bits per heavy atom. The first-order valence-corrected chi connectivity index (χ1v) is 24.7. The van der Waals surface area contributed by atoms with E-state index in [1.165, 1.54) is 38.5 Å². The molecule has 1 saturated carbocycles. The van der Waals surface area contributed by atoms with Gasteiger partial charge in [0.1, 0.15) is 19.8 Å². The topological polar surface area (TPSA) is 172 Å². The maximum absolute atomic E-state index is 12.7. The van der Waals surface area contributed by atoms with Crippen LogP contribution in [0.25, 0.3) is 0 Å². The summed E-state index contributed by atoms with van der Waals surface area (Å²) in [5.41, 5.74) is 0. The largest absolute Gasteiger partial charge is 0.756 e. The van der Waals surface area contributed by atoms with E-state index >= 15 is 0 Å². The van der Waals surface area contributed by atoms with Gasteiger partial charge in [0.15, 0.2) is 6.10 Å². The van der Waals surface area contributed by atoms with Crippen LogP contribution in [0.5, 0.6) is 0 Å². The van der Waals surface area contributed by atoms with Crippen molar-refractivity contribution in [1.29, 1.82) is 0 Å². The Morgan fingerprint density at radius 2 is 1.31 bits per heavy atom. The normalized spacial score (nSPS) is 20.7. The van der Waals surface area contributed by atoms with Gasteiger partial charge in [0.2, 0.25) is 0 Å². The number of aliphatic hydroxyl groups is 3. The molecule has 0 saturated heterocycles. The predicted octanol–water partition coefficient (Wildman–Crippen LogP) is 8.99. The fourth-order valence-corrected chi connectivity index (χ4v) is 7.57. The zero-order valence-corrected chi connectivity index (χ0v) is 39.3. The lowest BCUT2D eigenvalue weighted by Gasteiger charge is -2.28. The van der Waals surface area contributed by atoms with Crippen molar-refractivity contribution in [3.05, 3.63) is 60.8 Å². The van der Waals surface area contributed by atoms with Crippen LogP contribution in [-0.4, -0.2) is 104 Å². The Morgan fingerprint density at radius 1 is 0.738 bits per heavy atom. The maximum Gasteiger partial charge on any atom is 0.306 e. The summed E-state index contributed by atoms with van der Waals surface area (Å²) in [6, 6.07) is 0. The number of hydrogen-bond acceptors (Lipinski definition) is 11. The first-order chi connectivity index (χ1) is 29.2. The van der Waals surface area contributed by atoms with Crippen LogP contribution in [0.1, 0.15) is 149 Å². The van der Waals surface area contributed by atoms with Gasteiger partial charge >= 0.3 is 11.9 Å². The number of nitrogens with zero attached hydrogens (tertiary/aromatic N) is 1. The second-order valence-electron chi connectivity index (χ2n) is 17.4. The number of unbranched alkanes of at least 4 members (excludes halogenated alkanes) is 10. The monoisotopic (exact) mass is 882 g/mol. The van der Waals surface area contributed by atoms with Gasteiger partial charge in [-0.25, -0.2) is 0 Å². The Balaban J connectivity index is 2.53. The van der Waals surface area contributed by atoms with Gasteiger partial charge in [-0.2, -0.15) is 0 Å². The zero-order chi connectivity index (χ0) is 45.2. The van der Waals surface area contributed by atoms with Crippen molar-refractivity contribution >= 4 is 19.8 Å². The van der Waals surface area contributed by atoms with Gasteiger partial charge in [-0.15, -0.1) is 0 Å². The fourth-order valence-electron chi connectivity index (χ4n) is 6.84. The highest BCUT2D eigenvalue weighted by atomic mass is 31.2. The van der Waals surface area contributed by atoms with E-state index in [1.54, 1.807) is 6.08 Å². The number of hydrogen-bond donors (Lipinski definition) is 3. The molecule has 7 atom stereocenters. The van der Waals surface area contributed by atoms with Gasteiger partial charge in [-0.05, 0) is 70.1 Å². The lowest BCUT2D eigenvalue weighted by molar-refractivity contribution is -0.870. The smallest absolute Gasteiger partial charge is 0.306 e. The molecule has 1 aliphatic carbocycles. The van der Waals surface area contributed by atoms with Crippen molar-refractivity contribution in [3.63, 3.8) is 0 Å². The van der Waals surface area contributed by atoms with Crippen molar-refractivity contribution in [1.82, 2.24) is 0 Å². The number of phosphoric acid groups is 1. The second kappa shape index (κ2) is 35.0. The Bertz CT molecular complexity index is 1340. The number of carbonyl (C=O) groups excluding carboxylic acids is 2. The van der Waals surface area contributed by atoms with Gasteiger partial charge in [0.05, 0.1) is 46.1 Å². The lowest BCUT2D eigenvalue weighted by Crippen LogP contribution is -2.37. The van der Waals surface area contributed by atoms with E-state index in [0.717, 1.165) is 38.5 Å². The van der Waals surface area contributed by atoms with Crippen LogP contribution in [-0.2, 0) is 32.7 Å². The van der Waals surface area contributed by atoms with Crippen molar-refractivity contribution in [2.75, 3.05) is 47.5 Å². The number of carbonyl (C=O) groups is 2. The number of aliphatic hydroxyl groups excluding tert-OH is 3. The van der Waals surface area contributed by atoms with E-state index in [1.807, 2.05) is 45.4 Å². The van der Waals surface area contributed by atoms with Gasteiger partial charge in [0, 0.05) is 25.2 Å². The molecular weight excluding hydrogens is 797 g/mol. The maximum atomic E-state index is 12.7. The van der Waals surface area contributed by atoms with Crippen LogP contribution in [0.2, 0.25) is 0 Å². The molecule has 0 aliphatic heterocycles. The first kappa shape index (κ1) is 56.6. The third-order valence-corrected chi connectivity index (χ3v) is 11.5. The number of esters is 2. The van der Waals surface area contributed by atoms with E-state index in [-0.39, 0.29) is 44.3 Å².